The molecule has 40 heavy (non-hydrogen) atoms. The lowest BCUT2D eigenvalue weighted by Crippen LogP contribution is -2.55. The van der Waals surface area contributed by atoms with Crippen LogP contribution in [0.25, 0.3) is 0 Å². The number of hydrogen-bond acceptors (Lipinski definition) is 7. The molecular weight excluding hydrogens is 516 g/mol. The highest BCUT2D eigenvalue weighted by atomic mass is 16.2. The van der Waals surface area contributed by atoms with Gasteiger partial charge in [0.25, 0.3) is 0 Å². The number of rotatable bonds is 20. The highest BCUT2D eigenvalue weighted by Gasteiger charge is 2.27. The number of nitrogens with one attached hydrogen (secondary N) is 3. The quantitative estimate of drug-likeness (QED) is 0.0383. The molecule has 0 saturated heterocycles. The van der Waals surface area contributed by atoms with Crippen LogP contribution in [-0.2, 0) is 25.6 Å². The number of aliphatic imine (C=N–C) groups is 2. The van der Waals surface area contributed by atoms with E-state index in [-0.39, 0.29) is 37.2 Å². The van der Waals surface area contributed by atoms with E-state index in [1.807, 2.05) is 30.3 Å². The Hall–Kier alpha value is -4.20. The van der Waals surface area contributed by atoms with Crippen molar-refractivity contribution >= 4 is 35.9 Å². The molecule has 0 aromatic heterocycles. The average molecular weight is 561 g/mol. The number of amides is 3. The molecule has 1 aromatic carbocycles. The largest absolute Gasteiger partial charge is 0.370 e. The maximum absolute atomic E-state index is 13.3. The van der Waals surface area contributed by atoms with Gasteiger partial charge in [0.15, 0.2) is 11.9 Å². The molecule has 3 amide bonds. The number of aldehydes is 1. The Balaban J connectivity index is 2.94. The maximum Gasteiger partial charge on any atom is 0.243 e. The highest BCUT2D eigenvalue weighted by molar-refractivity contribution is 5.93. The van der Waals surface area contributed by atoms with Crippen molar-refractivity contribution in [2.75, 3.05) is 19.6 Å². The summed E-state index contributed by atoms with van der Waals surface area (Å²) in [7, 11) is 0. The van der Waals surface area contributed by atoms with Crippen molar-refractivity contribution in [1.29, 1.82) is 0 Å². The molecular formula is C26H44N10O4. The standard InChI is InChI=1S/C26H44N10O4/c27-13-5-4-11-20(35-22(38)16-18-8-2-1-3-9-18)24(40)36-21(12-7-15-33-26(30)31)23(39)34-19(17-37)10-6-14-32-25(28)29/h1-3,8-9,17,19-21H,4-7,10-16,27H2,(H,34,39)(H,35,38)(H,36,40)(H4,28,29,32)(H4,30,31,33)/t19-,20-,21-/m0/s1. The molecule has 0 spiro atoms. The van der Waals surface area contributed by atoms with Gasteiger partial charge in [0.2, 0.25) is 17.7 Å². The Morgan fingerprint density at radius 2 is 1.30 bits per heavy atom. The number of hydrogen-bond donors (Lipinski definition) is 8. The van der Waals surface area contributed by atoms with Gasteiger partial charge in [-0.25, -0.2) is 0 Å². The number of carbonyl (C=O) groups is 4. The van der Waals surface area contributed by atoms with Crippen LogP contribution in [0.3, 0.4) is 0 Å². The normalized spacial score (nSPS) is 12.7. The molecule has 0 saturated carbocycles. The number of nitrogens with two attached hydrogens (primary N) is 5. The van der Waals surface area contributed by atoms with Crippen LogP contribution in [-0.4, -0.2) is 73.7 Å². The lowest BCUT2D eigenvalue weighted by atomic mass is 10.0. The van der Waals surface area contributed by atoms with Gasteiger partial charge in [-0.2, -0.15) is 0 Å². The molecule has 3 atom stereocenters. The van der Waals surface area contributed by atoms with E-state index in [0.717, 1.165) is 5.56 Å². The number of guanidine groups is 2. The number of nitrogens with zero attached hydrogens (tertiary/aromatic N) is 2. The van der Waals surface area contributed by atoms with E-state index >= 15 is 0 Å². The van der Waals surface area contributed by atoms with Gasteiger partial charge in [-0.15, -0.1) is 0 Å². The fourth-order valence-electron chi connectivity index (χ4n) is 3.81. The molecule has 0 aliphatic rings. The summed E-state index contributed by atoms with van der Waals surface area (Å²) in [4.78, 5) is 58.5. The Morgan fingerprint density at radius 3 is 1.88 bits per heavy atom. The summed E-state index contributed by atoms with van der Waals surface area (Å²) in [6.45, 7) is 0.984. The molecule has 1 aromatic rings. The SMILES string of the molecule is NCCCC[C@H](NC(=O)Cc1ccccc1)C(=O)N[C@@H](CCCN=C(N)N)C(=O)N[C@H](C=O)CCCN=C(N)N. The molecule has 0 aliphatic carbocycles. The van der Waals surface area contributed by atoms with Crippen molar-refractivity contribution in [1.82, 2.24) is 16.0 Å². The Labute approximate surface area is 235 Å². The number of carbonyl (C=O) groups excluding carboxylic acids is 4. The van der Waals surface area contributed by atoms with E-state index in [1.54, 1.807) is 0 Å². The third-order valence-corrected chi connectivity index (χ3v) is 5.84. The predicted octanol–water partition coefficient (Wildman–Crippen LogP) is -1.88. The first-order valence-corrected chi connectivity index (χ1v) is 13.4. The molecule has 0 bridgehead atoms. The van der Waals surface area contributed by atoms with E-state index in [1.165, 1.54) is 0 Å². The van der Waals surface area contributed by atoms with E-state index < -0.39 is 29.9 Å². The first-order chi connectivity index (χ1) is 19.2. The summed E-state index contributed by atoms with van der Waals surface area (Å²) in [5, 5.41) is 8.17. The average Bonchev–Trinajstić information content (AvgIpc) is 2.91. The van der Waals surface area contributed by atoms with Crippen LogP contribution < -0.4 is 44.6 Å². The van der Waals surface area contributed by atoms with Gasteiger partial charge in [-0.05, 0) is 57.1 Å². The van der Waals surface area contributed by atoms with Gasteiger partial charge in [0.05, 0.1) is 12.5 Å². The molecule has 14 nitrogen and oxygen atoms in total. The van der Waals surface area contributed by atoms with Gasteiger partial charge in [0.1, 0.15) is 18.4 Å². The van der Waals surface area contributed by atoms with Crippen molar-refractivity contribution in [2.24, 2.45) is 38.7 Å². The van der Waals surface area contributed by atoms with Crippen molar-refractivity contribution in [3.63, 3.8) is 0 Å². The molecule has 13 N–H and O–H groups in total. The lowest BCUT2D eigenvalue weighted by molar-refractivity contribution is -0.132. The zero-order valence-electron chi connectivity index (χ0n) is 22.9. The Kier molecular flexibility index (Phi) is 16.8. The fourth-order valence-corrected chi connectivity index (χ4v) is 3.81. The molecule has 14 heteroatoms. The van der Waals surface area contributed by atoms with Crippen LogP contribution in [0.2, 0.25) is 0 Å². The number of benzene rings is 1. The predicted molar refractivity (Wildman–Crippen MR) is 155 cm³/mol. The van der Waals surface area contributed by atoms with Crippen LogP contribution >= 0.6 is 0 Å². The first kappa shape index (κ1) is 33.8. The van der Waals surface area contributed by atoms with Gasteiger partial charge in [0, 0.05) is 13.1 Å². The van der Waals surface area contributed by atoms with Crippen LogP contribution in [0.4, 0.5) is 0 Å². The maximum atomic E-state index is 13.3. The van der Waals surface area contributed by atoms with E-state index in [2.05, 4.69) is 25.9 Å². The molecule has 0 heterocycles. The van der Waals surface area contributed by atoms with Crippen LogP contribution in [0.1, 0.15) is 50.5 Å². The minimum atomic E-state index is -0.995. The first-order valence-electron chi connectivity index (χ1n) is 13.4. The second-order valence-electron chi connectivity index (χ2n) is 9.28. The zero-order chi connectivity index (χ0) is 29.8. The summed E-state index contributed by atoms with van der Waals surface area (Å²) >= 11 is 0. The summed E-state index contributed by atoms with van der Waals surface area (Å²) in [5.74, 6) is -1.54. The van der Waals surface area contributed by atoms with Crippen molar-refractivity contribution in [3.8, 4) is 0 Å². The highest BCUT2D eigenvalue weighted by Crippen LogP contribution is 2.07. The minimum Gasteiger partial charge on any atom is -0.370 e. The van der Waals surface area contributed by atoms with E-state index in [4.69, 9.17) is 28.7 Å². The van der Waals surface area contributed by atoms with E-state index in [9.17, 15) is 19.2 Å². The summed E-state index contributed by atoms with van der Waals surface area (Å²) < 4.78 is 0. The Bertz CT molecular complexity index is 979. The second-order valence-corrected chi connectivity index (χ2v) is 9.28. The zero-order valence-corrected chi connectivity index (χ0v) is 22.9. The van der Waals surface area contributed by atoms with Crippen LogP contribution in [0, 0.1) is 0 Å². The summed E-state index contributed by atoms with van der Waals surface area (Å²) in [5.41, 5.74) is 27.8. The topological polar surface area (TPSA) is 259 Å². The van der Waals surface area contributed by atoms with Crippen molar-refractivity contribution in [3.05, 3.63) is 35.9 Å². The van der Waals surface area contributed by atoms with Gasteiger partial charge >= 0.3 is 0 Å². The second kappa shape index (κ2) is 19.8. The monoisotopic (exact) mass is 560 g/mol. The molecule has 0 aliphatic heterocycles. The summed E-state index contributed by atoms with van der Waals surface area (Å²) in [6, 6.07) is 6.47. The van der Waals surface area contributed by atoms with Gasteiger partial charge in [-0.3, -0.25) is 24.4 Å². The molecule has 0 radical (unpaired) electrons. The third-order valence-electron chi connectivity index (χ3n) is 5.84. The van der Waals surface area contributed by atoms with Gasteiger partial charge < -0.3 is 49.4 Å². The molecule has 0 unspecified atom stereocenters. The molecule has 1 rings (SSSR count). The molecule has 0 fully saturated rings. The van der Waals surface area contributed by atoms with Crippen molar-refractivity contribution in [2.45, 2.75) is 69.5 Å². The minimum absolute atomic E-state index is 0.0629. The fraction of sp³-hybridized carbons (Fsp3) is 0.538. The van der Waals surface area contributed by atoms with Gasteiger partial charge in [-0.1, -0.05) is 30.3 Å². The number of unbranched alkanes of at least 4 members (excludes halogenated alkanes) is 1. The molecule has 222 valence electrons. The van der Waals surface area contributed by atoms with Crippen molar-refractivity contribution < 1.29 is 19.2 Å². The van der Waals surface area contributed by atoms with Crippen LogP contribution in [0.15, 0.2) is 40.3 Å². The van der Waals surface area contributed by atoms with E-state index in [0.29, 0.717) is 57.9 Å². The summed E-state index contributed by atoms with van der Waals surface area (Å²) in [6.07, 6.45) is 3.67. The smallest absolute Gasteiger partial charge is 0.243 e. The van der Waals surface area contributed by atoms with Crippen LogP contribution in [0.5, 0.6) is 0 Å². The Morgan fingerprint density at radius 1 is 0.750 bits per heavy atom. The lowest BCUT2D eigenvalue weighted by Gasteiger charge is -2.24. The third kappa shape index (κ3) is 15.3.